The Kier molecular flexibility index (Phi) is 3.89. The number of pyridine rings is 1. The number of nitrogens with zero attached hydrogens (tertiary/aromatic N) is 1. The highest BCUT2D eigenvalue weighted by Gasteiger charge is 2.25. The summed E-state index contributed by atoms with van der Waals surface area (Å²) in [6.07, 6.45) is 3.40. The number of methoxy groups -OCH3 is 3. The number of hydrogen-bond donors (Lipinski definition) is 1. The molecular formula is C17H16N2O4. The van der Waals surface area contributed by atoms with Crippen molar-refractivity contribution in [3.63, 3.8) is 0 Å². The maximum atomic E-state index is 12.2. The quantitative estimate of drug-likeness (QED) is 0.879. The number of fused-ring (bicyclic) bond motifs is 1. The molecule has 1 N–H and O–H groups in total. The number of rotatable bonds is 4. The largest absolute Gasteiger partial charge is 0.493 e. The van der Waals surface area contributed by atoms with Crippen LogP contribution in [-0.4, -0.2) is 32.2 Å². The zero-order valence-corrected chi connectivity index (χ0v) is 13.0. The maximum Gasteiger partial charge on any atom is 0.258 e. The number of hydrogen-bond acceptors (Lipinski definition) is 5. The number of carbonyl (C=O) groups is 1. The molecule has 0 unspecified atom stereocenters. The molecule has 1 aromatic heterocycles. The smallest absolute Gasteiger partial charge is 0.258 e. The molecule has 0 radical (unpaired) electrons. The van der Waals surface area contributed by atoms with Gasteiger partial charge in [0, 0.05) is 6.20 Å². The van der Waals surface area contributed by atoms with Crippen LogP contribution in [0.25, 0.3) is 11.6 Å². The fourth-order valence-corrected chi connectivity index (χ4v) is 2.50. The molecule has 1 aromatic carbocycles. The van der Waals surface area contributed by atoms with E-state index in [0.717, 1.165) is 5.56 Å². The van der Waals surface area contributed by atoms with Crippen molar-refractivity contribution < 1.29 is 19.0 Å². The van der Waals surface area contributed by atoms with Crippen LogP contribution in [0.4, 0.5) is 5.69 Å². The van der Waals surface area contributed by atoms with Gasteiger partial charge >= 0.3 is 0 Å². The fraction of sp³-hybridized carbons (Fsp3) is 0.176. The summed E-state index contributed by atoms with van der Waals surface area (Å²) in [4.78, 5) is 16.4. The van der Waals surface area contributed by atoms with Crippen LogP contribution in [0.1, 0.15) is 11.3 Å². The van der Waals surface area contributed by atoms with Gasteiger partial charge in [-0.2, -0.15) is 0 Å². The summed E-state index contributed by atoms with van der Waals surface area (Å²) in [7, 11) is 4.64. The normalized spacial score (nSPS) is 14.4. The van der Waals surface area contributed by atoms with Crippen LogP contribution in [0.5, 0.6) is 17.2 Å². The maximum absolute atomic E-state index is 12.2. The van der Waals surface area contributed by atoms with E-state index in [2.05, 4.69) is 10.3 Å². The predicted molar refractivity (Wildman–Crippen MR) is 86.8 cm³/mol. The van der Waals surface area contributed by atoms with Crippen molar-refractivity contribution in [3.8, 4) is 17.2 Å². The lowest BCUT2D eigenvalue weighted by Gasteiger charge is -2.13. The van der Waals surface area contributed by atoms with Gasteiger partial charge < -0.3 is 19.5 Å². The lowest BCUT2D eigenvalue weighted by molar-refractivity contribution is -0.110. The highest BCUT2D eigenvalue weighted by atomic mass is 16.5. The average molecular weight is 312 g/mol. The van der Waals surface area contributed by atoms with Gasteiger partial charge in [-0.3, -0.25) is 9.78 Å². The van der Waals surface area contributed by atoms with Gasteiger partial charge in [0.2, 0.25) is 5.75 Å². The zero-order chi connectivity index (χ0) is 16.4. The minimum absolute atomic E-state index is 0.188. The first-order valence-electron chi connectivity index (χ1n) is 6.96. The molecule has 1 aliphatic heterocycles. The molecule has 1 aliphatic rings. The van der Waals surface area contributed by atoms with Crippen molar-refractivity contribution in [1.29, 1.82) is 0 Å². The molecule has 6 heteroatoms. The Labute approximate surface area is 133 Å². The van der Waals surface area contributed by atoms with Gasteiger partial charge in [-0.25, -0.2) is 0 Å². The Hall–Kier alpha value is -3.02. The molecule has 0 bridgehead atoms. The third-order valence-corrected chi connectivity index (χ3v) is 3.55. The van der Waals surface area contributed by atoms with Crippen LogP contribution in [0.3, 0.4) is 0 Å². The van der Waals surface area contributed by atoms with Crippen LogP contribution in [0.2, 0.25) is 0 Å². The summed E-state index contributed by atoms with van der Waals surface area (Å²) in [5.74, 6) is 1.37. The summed E-state index contributed by atoms with van der Waals surface area (Å²) in [5, 5.41) is 2.79. The standard InChI is InChI=1S/C17H16N2O4/c1-21-13-8-10(9-14(22-2)16(13)23-3)7-11-15-12(19-17(11)20)5-4-6-18-15/h4-9H,1-3H3,(H,19,20)/b11-7-. The number of aromatic nitrogens is 1. The van der Waals surface area contributed by atoms with Crippen molar-refractivity contribution in [1.82, 2.24) is 4.98 Å². The van der Waals surface area contributed by atoms with E-state index in [9.17, 15) is 4.79 Å². The summed E-state index contributed by atoms with van der Waals surface area (Å²) < 4.78 is 16.0. The van der Waals surface area contributed by atoms with Crippen LogP contribution >= 0.6 is 0 Å². The van der Waals surface area contributed by atoms with Crippen LogP contribution in [-0.2, 0) is 4.79 Å². The zero-order valence-electron chi connectivity index (χ0n) is 13.0. The number of anilines is 1. The molecule has 0 fully saturated rings. The van der Waals surface area contributed by atoms with E-state index in [1.54, 1.807) is 51.8 Å². The number of carbonyl (C=O) groups excluding carboxylic acids is 1. The second kappa shape index (κ2) is 6.00. The van der Waals surface area contributed by atoms with E-state index in [0.29, 0.717) is 34.2 Å². The van der Waals surface area contributed by atoms with Crippen molar-refractivity contribution in [2.24, 2.45) is 0 Å². The van der Waals surface area contributed by atoms with Crippen molar-refractivity contribution in [2.75, 3.05) is 26.6 Å². The fourth-order valence-electron chi connectivity index (χ4n) is 2.50. The molecule has 0 spiro atoms. The Balaban J connectivity index is 2.11. The monoisotopic (exact) mass is 312 g/mol. The molecule has 0 aliphatic carbocycles. The van der Waals surface area contributed by atoms with Gasteiger partial charge in [-0.1, -0.05) is 0 Å². The first kappa shape index (κ1) is 14.9. The first-order chi connectivity index (χ1) is 11.2. The second-order valence-corrected chi connectivity index (χ2v) is 4.87. The molecule has 0 saturated heterocycles. The number of amides is 1. The Morgan fingerprint density at radius 2 is 1.78 bits per heavy atom. The van der Waals surface area contributed by atoms with E-state index in [4.69, 9.17) is 14.2 Å². The molecule has 6 nitrogen and oxygen atoms in total. The highest BCUT2D eigenvalue weighted by molar-refractivity contribution is 6.34. The molecule has 118 valence electrons. The van der Waals surface area contributed by atoms with Crippen LogP contribution in [0, 0.1) is 0 Å². The molecule has 3 rings (SSSR count). The molecular weight excluding hydrogens is 296 g/mol. The topological polar surface area (TPSA) is 69.7 Å². The van der Waals surface area contributed by atoms with E-state index >= 15 is 0 Å². The lowest BCUT2D eigenvalue weighted by atomic mass is 10.1. The number of nitrogens with one attached hydrogen (secondary N) is 1. The van der Waals surface area contributed by atoms with Crippen molar-refractivity contribution in [2.45, 2.75) is 0 Å². The SMILES string of the molecule is COc1cc(/C=C2\C(=O)Nc3cccnc32)cc(OC)c1OC. The minimum Gasteiger partial charge on any atom is -0.493 e. The van der Waals surface area contributed by atoms with E-state index in [1.165, 1.54) is 0 Å². The molecule has 0 atom stereocenters. The van der Waals surface area contributed by atoms with Gasteiger partial charge in [0.15, 0.2) is 11.5 Å². The number of ether oxygens (including phenoxy) is 3. The molecule has 0 saturated carbocycles. The molecule has 2 heterocycles. The molecule has 1 amide bonds. The predicted octanol–water partition coefficient (Wildman–Crippen LogP) is 2.60. The van der Waals surface area contributed by atoms with E-state index < -0.39 is 0 Å². The first-order valence-corrected chi connectivity index (χ1v) is 6.96. The Morgan fingerprint density at radius 1 is 1.09 bits per heavy atom. The van der Waals surface area contributed by atoms with Gasteiger partial charge in [-0.05, 0) is 35.9 Å². The van der Waals surface area contributed by atoms with Gasteiger partial charge in [0.05, 0.1) is 38.3 Å². The Bertz CT molecular complexity index is 774. The van der Waals surface area contributed by atoms with Gasteiger partial charge in [0.25, 0.3) is 5.91 Å². The van der Waals surface area contributed by atoms with Crippen molar-refractivity contribution in [3.05, 3.63) is 41.7 Å². The molecule has 2 aromatic rings. The highest BCUT2D eigenvalue weighted by Crippen LogP contribution is 2.40. The summed E-state index contributed by atoms with van der Waals surface area (Å²) in [6.45, 7) is 0. The van der Waals surface area contributed by atoms with E-state index in [1.807, 2.05) is 6.07 Å². The van der Waals surface area contributed by atoms with Crippen LogP contribution < -0.4 is 19.5 Å². The van der Waals surface area contributed by atoms with Gasteiger partial charge in [-0.15, -0.1) is 0 Å². The van der Waals surface area contributed by atoms with E-state index in [-0.39, 0.29) is 5.91 Å². The third-order valence-electron chi connectivity index (χ3n) is 3.55. The minimum atomic E-state index is -0.188. The summed E-state index contributed by atoms with van der Waals surface area (Å²) in [5.41, 5.74) is 2.58. The van der Waals surface area contributed by atoms with Crippen molar-refractivity contribution >= 4 is 23.2 Å². The number of benzene rings is 1. The average Bonchev–Trinajstić information content (AvgIpc) is 2.89. The lowest BCUT2D eigenvalue weighted by Crippen LogP contribution is -2.03. The van der Waals surface area contributed by atoms with Gasteiger partial charge in [0.1, 0.15) is 0 Å². The summed E-state index contributed by atoms with van der Waals surface area (Å²) in [6, 6.07) is 7.16. The third kappa shape index (κ3) is 2.59. The Morgan fingerprint density at radius 3 is 2.39 bits per heavy atom. The molecule has 23 heavy (non-hydrogen) atoms. The van der Waals surface area contributed by atoms with Crippen LogP contribution in [0.15, 0.2) is 30.5 Å². The summed E-state index contributed by atoms with van der Waals surface area (Å²) >= 11 is 0. The second-order valence-electron chi connectivity index (χ2n) is 4.87.